The Morgan fingerprint density at radius 3 is 2.93 bits per heavy atom. The van der Waals surface area contributed by atoms with Crippen LogP contribution < -0.4 is 5.56 Å². The number of carbonyl (C=O) groups is 1. The number of amides is 1. The van der Waals surface area contributed by atoms with E-state index in [1.54, 1.807) is 10.7 Å². The summed E-state index contributed by atoms with van der Waals surface area (Å²) in [4.78, 5) is 27.1. The number of H-pyrrole nitrogens is 1. The first-order valence-corrected chi connectivity index (χ1v) is 10.1. The van der Waals surface area contributed by atoms with E-state index < -0.39 is 0 Å². The maximum absolute atomic E-state index is 13.2. The van der Waals surface area contributed by atoms with Gasteiger partial charge in [-0.05, 0) is 18.2 Å². The third-order valence-corrected chi connectivity index (χ3v) is 5.99. The molecule has 3 heterocycles. The highest BCUT2D eigenvalue weighted by Gasteiger charge is 2.28. The van der Waals surface area contributed by atoms with Crippen molar-refractivity contribution in [2.45, 2.75) is 18.9 Å². The summed E-state index contributed by atoms with van der Waals surface area (Å²) in [5.74, 6) is 1.92. The van der Waals surface area contributed by atoms with Gasteiger partial charge in [-0.1, -0.05) is 18.2 Å². The molecule has 1 saturated heterocycles. The molecule has 8 heteroatoms. The molecule has 4 rings (SSSR count). The first-order chi connectivity index (χ1) is 13.1. The van der Waals surface area contributed by atoms with Gasteiger partial charge in [0.25, 0.3) is 5.56 Å². The summed E-state index contributed by atoms with van der Waals surface area (Å²) in [5, 5.41) is 12.2. The molecule has 0 aliphatic carbocycles. The first-order valence-electron chi connectivity index (χ1n) is 8.95. The number of nitrogens with zero attached hydrogens (tertiary/aromatic N) is 4. The summed E-state index contributed by atoms with van der Waals surface area (Å²) >= 11 is 1.87. The van der Waals surface area contributed by atoms with Gasteiger partial charge in [0.1, 0.15) is 0 Å². The number of carbonyl (C=O) groups excluding carboxylic acids is 1. The minimum atomic E-state index is -0.235. The zero-order valence-corrected chi connectivity index (χ0v) is 15.9. The van der Waals surface area contributed by atoms with Crippen LogP contribution in [0.4, 0.5) is 0 Å². The monoisotopic (exact) mass is 383 g/mol. The molecular formula is C19H21N5O2S. The van der Waals surface area contributed by atoms with Crippen molar-refractivity contribution in [1.29, 1.82) is 0 Å². The van der Waals surface area contributed by atoms with Crippen LogP contribution in [0.5, 0.6) is 0 Å². The van der Waals surface area contributed by atoms with E-state index in [2.05, 4.69) is 15.3 Å². The molecule has 7 nitrogen and oxygen atoms in total. The van der Waals surface area contributed by atoms with Gasteiger partial charge in [0.2, 0.25) is 5.91 Å². The van der Waals surface area contributed by atoms with E-state index in [1.165, 1.54) is 0 Å². The SMILES string of the molecule is Cn1cc(C2CSCCCN2C(=O)Cc2n[nH]c(=O)c3ccccc23)cn1. The Labute approximate surface area is 160 Å². The summed E-state index contributed by atoms with van der Waals surface area (Å²) in [6.45, 7) is 0.715. The molecule has 3 aromatic rings. The third kappa shape index (κ3) is 3.62. The van der Waals surface area contributed by atoms with E-state index >= 15 is 0 Å². The van der Waals surface area contributed by atoms with Crippen molar-refractivity contribution in [3.8, 4) is 0 Å². The van der Waals surface area contributed by atoms with E-state index in [9.17, 15) is 9.59 Å². The Kier molecular flexibility index (Phi) is 4.98. The Morgan fingerprint density at radius 1 is 1.33 bits per heavy atom. The maximum atomic E-state index is 13.2. The molecule has 1 aliphatic rings. The largest absolute Gasteiger partial charge is 0.334 e. The molecule has 140 valence electrons. The van der Waals surface area contributed by atoms with Crippen molar-refractivity contribution in [3.05, 3.63) is 58.3 Å². The molecule has 1 fully saturated rings. The van der Waals surface area contributed by atoms with E-state index in [0.717, 1.165) is 28.9 Å². The van der Waals surface area contributed by atoms with Gasteiger partial charge in [-0.2, -0.15) is 22.0 Å². The van der Waals surface area contributed by atoms with Crippen molar-refractivity contribution in [1.82, 2.24) is 24.9 Å². The summed E-state index contributed by atoms with van der Waals surface area (Å²) in [6.07, 6.45) is 4.95. The van der Waals surface area contributed by atoms with E-state index in [4.69, 9.17) is 0 Å². The number of nitrogens with one attached hydrogen (secondary N) is 1. The van der Waals surface area contributed by atoms with E-state index in [-0.39, 0.29) is 23.9 Å². The van der Waals surface area contributed by atoms with Crippen LogP contribution in [0.1, 0.15) is 23.7 Å². The highest BCUT2D eigenvalue weighted by molar-refractivity contribution is 7.99. The number of hydrogen-bond acceptors (Lipinski definition) is 5. The number of rotatable bonds is 3. The lowest BCUT2D eigenvalue weighted by atomic mass is 10.1. The van der Waals surface area contributed by atoms with Crippen LogP contribution in [0.3, 0.4) is 0 Å². The number of thioether (sulfide) groups is 1. The molecule has 1 aliphatic heterocycles. The molecular weight excluding hydrogens is 362 g/mol. The first kappa shape index (κ1) is 17.8. The predicted octanol–water partition coefficient (Wildman–Crippen LogP) is 1.91. The predicted molar refractivity (Wildman–Crippen MR) is 106 cm³/mol. The number of hydrogen-bond donors (Lipinski definition) is 1. The van der Waals surface area contributed by atoms with Crippen LogP contribution in [0.15, 0.2) is 41.5 Å². The second-order valence-electron chi connectivity index (χ2n) is 6.70. The minimum Gasteiger partial charge on any atom is -0.334 e. The fourth-order valence-corrected chi connectivity index (χ4v) is 4.61. The topological polar surface area (TPSA) is 83.9 Å². The normalized spacial score (nSPS) is 17.8. The molecule has 0 saturated carbocycles. The fourth-order valence-electron chi connectivity index (χ4n) is 3.52. The fraction of sp³-hybridized carbons (Fsp3) is 0.368. The molecule has 0 bridgehead atoms. The molecule has 1 unspecified atom stereocenters. The zero-order valence-electron chi connectivity index (χ0n) is 15.1. The molecule has 1 N–H and O–H groups in total. The molecule has 0 radical (unpaired) electrons. The van der Waals surface area contributed by atoms with Crippen molar-refractivity contribution in [2.75, 3.05) is 18.1 Å². The molecule has 1 amide bonds. The number of aryl methyl sites for hydroxylation is 1. The number of aromatic nitrogens is 4. The lowest BCUT2D eigenvalue weighted by Crippen LogP contribution is -2.37. The molecule has 1 aromatic carbocycles. The second-order valence-corrected chi connectivity index (χ2v) is 7.85. The number of benzene rings is 1. The van der Waals surface area contributed by atoms with Crippen LogP contribution in [0, 0.1) is 0 Å². The average Bonchev–Trinajstić information content (AvgIpc) is 2.96. The smallest absolute Gasteiger partial charge is 0.272 e. The number of aromatic amines is 1. The zero-order chi connectivity index (χ0) is 18.8. The molecule has 0 spiro atoms. The number of fused-ring (bicyclic) bond motifs is 1. The van der Waals surface area contributed by atoms with Crippen LogP contribution >= 0.6 is 11.8 Å². The minimum absolute atomic E-state index is 0.00715. The maximum Gasteiger partial charge on any atom is 0.272 e. The van der Waals surface area contributed by atoms with Gasteiger partial charge in [0, 0.05) is 36.5 Å². The standard InChI is InChI=1S/C19H21N5O2S/c1-23-11-13(10-20-23)17-12-27-8-4-7-24(17)18(25)9-16-14-5-2-3-6-15(14)19(26)22-21-16/h2-3,5-6,10-11,17H,4,7-9,12H2,1H3,(H,22,26). The van der Waals surface area contributed by atoms with E-state index in [0.29, 0.717) is 17.6 Å². The van der Waals surface area contributed by atoms with Gasteiger partial charge in [0.15, 0.2) is 0 Å². The molecule has 2 aromatic heterocycles. The van der Waals surface area contributed by atoms with Gasteiger partial charge in [-0.3, -0.25) is 14.3 Å². The second kappa shape index (κ2) is 7.56. The summed E-state index contributed by atoms with van der Waals surface area (Å²) in [6, 6.07) is 7.28. The van der Waals surface area contributed by atoms with Crippen LogP contribution in [-0.4, -0.2) is 48.8 Å². The lowest BCUT2D eigenvalue weighted by Gasteiger charge is -2.29. The highest BCUT2D eigenvalue weighted by Crippen LogP contribution is 2.29. The van der Waals surface area contributed by atoms with Crippen molar-refractivity contribution < 1.29 is 4.79 Å². The Bertz CT molecular complexity index is 1030. The van der Waals surface area contributed by atoms with Gasteiger partial charge in [0.05, 0.1) is 29.7 Å². The van der Waals surface area contributed by atoms with Crippen LogP contribution in [-0.2, 0) is 18.3 Å². The Balaban J connectivity index is 1.64. The van der Waals surface area contributed by atoms with Crippen molar-refractivity contribution in [3.63, 3.8) is 0 Å². The van der Waals surface area contributed by atoms with Crippen molar-refractivity contribution in [2.24, 2.45) is 7.05 Å². The molecule has 27 heavy (non-hydrogen) atoms. The molecule has 1 atom stereocenters. The van der Waals surface area contributed by atoms with Gasteiger partial charge in [-0.25, -0.2) is 5.10 Å². The highest BCUT2D eigenvalue weighted by atomic mass is 32.2. The summed E-state index contributed by atoms with van der Waals surface area (Å²) in [5.41, 5.74) is 1.43. The van der Waals surface area contributed by atoms with Crippen LogP contribution in [0.2, 0.25) is 0 Å². The van der Waals surface area contributed by atoms with Gasteiger partial charge < -0.3 is 4.90 Å². The average molecular weight is 383 g/mol. The van der Waals surface area contributed by atoms with Crippen molar-refractivity contribution >= 4 is 28.4 Å². The van der Waals surface area contributed by atoms with Crippen LogP contribution in [0.25, 0.3) is 10.8 Å². The van der Waals surface area contributed by atoms with Gasteiger partial charge >= 0.3 is 0 Å². The summed E-state index contributed by atoms with van der Waals surface area (Å²) in [7, 11) is 1.88. The summed E-state index contributed by atoms with van der Waals surface area (Å²) < 4.78 is 1.77. The lowest BCUT2D eigenvalue weighted by molar-refractivity contribution is -0.132. The quantitative estimate of drug-likeness (QED) is 0.747. The Hall–Kier alpha value is -2.61. The third-order valence-electron chi connectivity index (χ3n) is 4.86. The van der Waals surface area contributed by atoms with Gasteiger partial charge in [-0.15, -0.1) is 0 Å². The van der Waals surface area contributed by atoms with E-state index in [1.807, 2.05) is 54.3 Å². The Morgan fingerprint density at radius 2 is 2.15 bits per heavy atom.